The van der Waals surface area contributed by atoms with E-state index in [4.69, 9.17) is 4.43 Å². The summed E-state index contributed by atoms with van der Waals surface area (Å²) in [7, 11) is -0.789. The molecule has 0 rings (SSSR count). The van der Waals surface area contributed by atoms with E-state index in [-0.39, 0.29) is 0 Å². The molecule has 2 nitrogen and oxygen atoms in total. The number of aliphatic hydroxyl groups excluding tert-OH is 1. The van der Waals surface area contributed by atoms with E-state index in [1.165, 1.54) is 64.2 Å². The maximum absolute atomic E-state index is 9.20. The fraction of sp³-hybridized carbons (Fsp3) is 1.00. The molecular weight excluding hydrogens is 300 g/mol. The largest absolute Gasteiger partial charge is 0.421 e. The third-order valence-corrected chi connectivity index (χ3v) is 5.75. The fourth-order valence-corrected chi connectivity index (χ4v) is 3.85. The number of aliphatic hydroxyl groups is 1. The zero-order valence-electron chi connectivity index (χ0n) is 16.7. The molecule has 1 N–H and O–H groups in total. The Hall–Kier alpha value is 0.137. The van der Waals surface area contributed by atoms with Crippen LogP contribution in [0.1, 0.15) is 91.4 Å². The van der Waals surface area contributed by atoms with Gasteiger partial charge in [-0.3, -0.25) is 0 Å². The standard InChI is InChI=1S/C20H44O2Si/c1-20(2,3)19(16-17-21)15-13-11-9-7-6-8-10-12-14-18-22-23(4)5/h19,21,23H,6-18H2,1-5H3/t19-/m1/s1. The molecule has 0 aliphatic heterocycles. The predicted octanol–water partition coefficient (Wildman–Crippen LogP) is 5.93. The van der Waals surface area contributed by atoms with Crippen LogP contribution >= 0.6 is 0 Å². The lowest BCUT2D eigenvalue weighted by Crippen LogP contribution is -2.21. The molecule has 0 spiro atoms. The van der Waals surface area contributed by atoms with Gasteiger partial charge in [0.2, 0.25) is 0 Å². The van der Waals surface area contributed by atoms with Crippen LogP contribution in [0.25, 0.3) is 0 Å². The van der Waals surface area contributed by atoms with Crippen molar-refractivity contribution < 1.29 is 9.53 Å². The SMILES string of the molecule is C[SiH](C)OCCCCCCCCCCC[C@H](CCO)C(C)(C)C. The molecule has 0 aromatic carbocycles. The number of unbranched alkanes of at least 4 members (excludes halogenated alkanes) is 8. The summed E-state index contributed by atoms with van der Waals surface area (Å²) in [6.07, 6.45) is 14.5. The minimum absolute atomic E-state index is 0.338. The van der Waals surface area contributed by atoms with Crippen LogP contribution in [-0.4, -0.2) is 27.4 Å². The molecule has 0 saturated heterocycles. The molecule has 23 heavy (non-hydrogen) atoms. The summed E-state index contributed by atoms with van der Waals surface area (Å²) >= 11 is 0. The smallest absolute Gasteiger partial charge is 0.170 e. The van der Waals surface area contributed by atoms with Gasteiger partial charge in [-0.25, -0.2) is 0 Å². The summed E-state index contributed by atoms with van der Waals surface area (Å²) in [5, 5.41) is 9.20. The Bertz CT molecular complexity index is 249. The molecule has 0 bridgehead atoms. The number of hydrogen-bond donors (Lipinski definition) is 1. The average Bonchev–Trinajstić information content (AvgIpc) is 2.45. The van der Waals surface area contributed by atoms with Crippen molar-refractivity contribution in [2.24, 2.45) is 11.3 Å². The van der Waals surface area contributed by atoms with E-state index >= 15 is 0 Å². The molecule has 0 aliphatic rings. The van der Waals surface area contributed by atoms with E-state index in [9.17, 15) is 5.11 Å². The van der Waals surface area contributed by atoms with Crippen LogP contribution in [0.15, 0.2) is 0 Å². The van der Waals surface area contributed by atoms with Crippen molar-refractivity contribution in [3.8, 4) is 0 Å². The maximum atomic E-state index is 9.20. The van der Waals surface area contributed by atoms with Gasteiger partial charge in [0.1, 0.15) is 0 Å². The summed E-state index contributed by atoms with van der Waals surface area (Å²) in [6.45, 7) is 12.7. The van der Waals surface area contributed by atoms with Gasteiger partial charge < -0.3 is 9.53 Å². The molecule has 0 saturated carbocycles. The number of hydrogen-bond acceptors (Lipinski definition) is 2. The lowest BCUT2D eigenvalue weighted by Gasteiger charge is -2.30. The number of rotatable bonds is 15. The zero-order chi connectivity index (χ0) is 17.6. The average molecular weight is 345 g/mol. The Morgan fingerprint density at radius 3 is 1.70 bits per heavy atom. The molecule has 0 radical (unpaired) electrons. The second-order valence-electron chi connectivity index (χ2n) is 8.47. The van der Waals surface area contributed by atoms with Gasteiger partial charge in [0.15, 0.2) is 9.04 Å². The van der Waals surface area contributed by atoms with Gasteiger partial charge in [-0.2, -0.15) is 0 Å². The normalized spacial score (nSPS) is 13.7. The van der Waals surface area contributed by atoms with Crippen LogP contribution in [0.5, 0.6) is 0 Å². The molecule has 0 aromatic heterocycles. The van der Waals surface area contributed by atoms with Gasteiger partial charge in [-0.15, -0.1) is 0 Å². The second-order valence-corrected chi connectivity index (χ2v) is 10.9. The Morgan fingerprint density at radius 1 is 0.783 bits per heavy atom. The Labute approximate surface area is 148 Å². The van der Waals surface area contributed by atoms with Crippen LogP contribution in [0.2, 0.25) is 13.1 Å². The summed E-state index contributed by atoms with van der Waals surface area (Å²) in [5.41, 5.74) is 0.338. The van der Waals surface area contributed by atoms with Crippen LogP contribution in [0.3, 0.4) is 0 Å². The summed E-state index contributed by atoms with van der Waals surface area (Å²) < 4.78 is 5.70. The molecule has 1 atom stereocenters. The quantitative estimate of drug-likeness (QED) is 0.294. The summed E-state index contributed by atoms with van der Waals surface area (Å²) in [4.78, 5) is 0. The van der Waals surface area contributed by atoms with Crippen molar-refractivity contribution in [2.75, 3.05) is 13.2 Å². The van der Waals surface area contributed by atoms with Crippen LogP contribution in [-0.2, 0) is 4.43 Å². The highest BCUT2D eigenvalue weighted by Gasteiger charge is 2.23. The van der Waals surface area contributed by atoms with Crippen LogP contribution in [0, 0.1) is 11.3 Å². The van der Waals surface area contributed by atoms with Gasteiger partial charge >= 0.3 is 0 Å². The highest BCUT2D eigenvalue weighted by Crippen LogP contribution is 2.32. The van der Waals surface area contributed by atoms with Gasteiger partial charge in [0, 0.05) is 13.2 Å². The fourth-order valence-electron chi connectivity index (χ4n) is 3.22. The highest BCUT2D eigenvalue weighted by molar-refractivity contribution is 6.48. The van der Waals surface area contributed by atoms with Crippen molar-refractivity contribution in [1.82, 2.24) is 0 Å². The van der Waals surface area contributed by atoms with Crippen molar-refractivity contribution >= 4 is 9.04 Å². The van der Waals surface area contributed by atoms with Gasteiger partial charge in [0.25, 0.3) is 0 Å². The molecule has 0 aromatic rings. The van der Waals surface area contributed by atoms with Gasteiger partial charge in [-0.1, -0.05) is 72.1 Å². The van der Waals surface area contributed by atoms with E-state index in [1.54, 1.807) is 0 Å². The molecule has 0 amide bonds. The van der Waals surface area contributed by atoms with E-state index in [2.05, 4.69) is 33.9 Å². The van der Waals surface area contributed by atoms with E-state index in [0.29, 0.717) is 17.9 Å². The van der Waals surface area contributed by atoms with Gasteiger partial charge in [0.05, 0.1) is 0 Å². The monoisotopic (exact) mass is 344 g/mol. The van der Waals surface area contributed by atoms with Gasteiger partial charge in [-0.05, 0) is 43.7 Å². The predicted molar refractivity (Wildman–Crippen MR) is 106 cm³/mol. The van der Waals surface area contributed by atoms with E-state index in [1.807, 2.05) is 0 Å². The Balaban J connectivity index is 3.36. The van der Waals surface area contributed by atoms with Crippen molar-refractivity contribution in [2.45, 2.75) is 104 Å². The van der Waals surface area contributed by atoms with E-state index in [0.717, 1.165) is 13.0 Å². The van der Waals surface area contributed by atoms with Crippen molar-refractivity contribution in [3.05, 3.63) is 0 Å². The molecule has 0 unspecified atom stereocenters. The lowest BCUT2D eigenvalue weighted by atomic mass is 9.76. The van der Waals surface area contributed by atoms with Crippen LogP contribution < -0.4 is 0 Å². The first kappa shape index (κ1) is 23.1. The minimum Gasteiger partial charge on any atom is -0.421 e. The minimum atomic E-state index is -0.789. The Morgan fingerprint density at radius 2 is 1.26 bits per heavy atom. The molecule has 0 aliphatic carbocycles. The zero-order valence-corrected chi connectivity index (χ0v) is 17.9. The third-order valence-electron chi connectivity index (χ3n) is 4.85. The molecule has 0 fully saturated rings. The molecule has 0 heterocycles. The Kier molecular flexibility index (Phi) is 14.6. The highest BCUT2D eigenvalue weighted by atomic mass is 28.3. The third kappa shape index (κ3) is 15.4. The topological polar surface area (TPSA) is 29.5 Å². The second kappa shape index (κ2) is 14.5. The van der Waals surface area contributed by atoms with Crippen LogP contribution in [0.4, 0.5) is 0 Å². The first-order valence-corrected chi connectivity index (χ1v) is 12.9. The van der Waals surface area contributed by atoms with Crippen molar-refractivity contribution in [1.29, 1.82) is 0 Å². The van der Waals surface area contributed by atoms with Crippen molar-refractivity contribution in [3.63, 3.8) is 0 Å². The van der Waals surface area contributed by atoms with E-state index < -0.39 is 9.04 Å². The first-order chi connectivity index (χ1) is 10.9. The molecular formula is C20H44O2Si. The summed E-state index contributed by atoms with van der Waals surface area (Å²) in [6, 6.07) is 0. The first-order valence-electron chi connectivity index (χ1n) is 10.1. The summed E-state index contributed by atoms with van der Waals surface area (Å²) in [5.74, 6) is 0.670. The lowest BCUT2D eigenvalue weighted by molar-refractivity contribution is 0.161. The molecule has 3 heteroatoms. The maximum Gasteiger partial charge on any atom is 0.170 e. The molecule has 140 valence electrons.